The predicted molar refractivity (Wildman–Crippen MR) is 91.8 cm³/mol. The number of nitrogens with one attached hydrogen (secondary N) is 1. The molecule has 0 bridgehead atoms. The molecule has 6 heteroatoms. The van der Waals surface area contributed by atoms with E-state index in [0.717, 1.165) is 17.7 Å². The molecule has 1 heterocycles. The Labute approximate surface area is 145 Å². The summed E-state index contributed by atoms with van der Waals surface area (Å²) >= 11 is 0. The van der Waals surface area contributed by atoms with E-state index in [1.807, 2.05) is 32.0 Å². The molecule has 1 N–H and O–H groups in total. The normalized spacial score (nSPS) is 17.9. The number of amides is 1. The highest BCUT2D eigenvalue weighted by atomic mass is 19.3. The number of fused-ring (bicyclic) bond motifs is 1. The minimum atomic E-state index is -2.86. The van der Waals surface area contributed by atoms with E-state index in [0.29, 0.717) is 5.56 Å². The van der Waals surface area contributed by atoms with Gasteiger partial charge in [0, 0.05) is 11.7 Å². The summed E-state index contributed by atoms with van der Waals surface area (Å²) in [5, 5.41) is 3.39. The predicted octanol–water partition coefficient (Wildman–Crippen LogP) is 4.65. The van der Waals surface area contributed by atoms with E-state index in [2.05, 4.69) is 10.1 Å². The van der Waals surface area contributed by atoms with E-state index < -0.39 is 6.61 Å². The molecule has 1 aliphatic heterocycles. The largest absolute Gasteiger partial charge is 0.435 e. The highest BCUT2D eigenvalue weighted by molar-refractivity contribution is 6.01. The van der Waals surface area contributed by atoms with Crippen molar-refractivity contribution in [3.8, 4) is 5.75 Å². The monoisotopic (exact) mass is 346 g/mol. The van der Waals surface area contributed by atoms with Crippen LogP contribution >= 0.6 is 0 Å². The lowest BCUT2D eigenvalue weighted by atomic mass is 10.0. The van der Waals surface area contributed by atoms with Crippen molar-refractivity contribution in [2.24, 2.45) is 0 Å². The van der Waals surface area contributed by atoms with Crippen LogP contribution in [0.2, 0.25) is 0 Å². The molecular weight excluding hydrogens is 326 g/mol. The fourth-order valence-corrected chi connectivity index (χ4v) is 3.00. The van der Waals surface area contributed by atoms with Gasteiger partial charge in [-0.15, -0.1) is 0 Å². The van der Waals surface area contributed by atoms with Crippen molar-refractivity contribution in [1.29, 1.82) is 0 Å². The number of rotatable bonds is 5. The molecular formula is C19H20F2N2O2. The molecule has 0 saturated heterocycles. The maximum Gasteiger partial charge on any atom is 0.387 e. The molecule has 4 nitrogen and oxygen atoms in total. The molecule has 2 aromatic carbocycles. The minimum Gasteiger partial charge on any atom is -0.435 e. The summed E-state index contributed by atoms with van der Waals surface area (Å²) in [5.74, 6) is 0.0537. The molecule has 0 saturated carbocycles. The van der Waals surface area contributed by atoms with Gasteiger partial charge in [-0.1, -0.05) is 31.2 Å². The molecule has 3 rings (SSSR count). The van der Waals surface area contributed by atoms with Gasteiger partial charge in [-0.05, 0) is 43.2 Å². The molecule has 2 aromatic rings. The smallest absolute Gasteiger partial charge is 0.387 e. The van der Waals surface area contributed by atoms with Crippen LogP contribution in [0.5, 0.6) is 5.75 Å². The Hall–Kier alpha value is -2.63. The van der Waals surface area contributed by atoms with E-state index in [-0.39, 0.29) is 23.9 Å². The quantitative estimate of drug-likeness (QED) is 0.857. The maximum absolute atomic E-state index is 13.0. The first kappa shape index (κ1) is 17.2. The fourth-order valence-electron chi connectivity index (χ4n) is 3.00. The number of halogens is 2. The summed E-state index contributed by atoms with van der Waals surface area (Å²) in [5.41, 5.74) is 2.21. The van der Waals surface area contributed by atoms with Crippen molar-refractivity contribution >= 4 is 11.6 Å². The van der Waals surface area contributed by atoms with Crippen LogP contribution in [0.1, 0.15) is 42.4 Å². The molecule has 1 aliphatic rings. The number of benzene rings is 2. The third kappa shape index (κ3) is 3.43. The number of carbonyl (C=O) groups is 1. The minimum absolute atomic E-state index is 0.0235. The summed E-state index contributed by atoms with van der Waals surface area (Å²) < 4.78 is 29.0. The van der Waals surface area contributed by atoms with E-state index in [9.17, 15) is 13.6 Å². The number of nitrogens with zero attached hydrogens (tertiary/aromatic N) is 1. The van der Waals surface area contributed by atoms with Gasteiger partial charge >= 0.3 is 6.61 Å². The zero-order valence-electron chi connectivity index (χ0n) is 14.1. The molecule has 0 aliphatic carbocycles. The van der Waals surface area contributed by atoms with Gasteiger partial charge < -0.3 is 15.0 Å². The maximum atomic E-state index is 13.0. The summed E-state index contributed by atoms with van der Waals surface area (Å²) in [4.78, 5) is 14.8. The Kier molecular flexibility index (Phi) is 4.88. The lowest BCUT2D eigenvalue weighted by Gasteiger charge is -2.41. The molecule has 132 valence electrons. The van der Waals surface area contributed by atoms with Crippen LogP contribution in [-0.2, 0) is 0 Å². The highest BCUT2D eigenvalue weighted by Gasteiger charge is 2.35. The second kappa shape index (κ2) is 7.09. The van der Waals surface area contributed by atoms with E-state index in [1.54, 1.807) is 23.1 Å². The molecule has 0 unspecified atom stereocenters. The summed E-state index contributed by atoms with van der Waals surface area (Å²) in [6.07, 6.45) is 0.441. The third-order valence-electron chi connectivity index (χ3n) is 4.45. The van der Waals surface area contributed by atoms with Crippen LogP contribution in [0.25, 0.3) is 0 Å². The van der Waals surface area contributed by atoms with Crippen molar-refractivity contribution in [3.63, 3.8) is 0 Å². The zero-order chi connectivity index (χ0) is 18.0. The van der Waals surface area contributed by atoms with Crippen molar-refractivity contribution in [2.45, 2.75) is 39.1 Å². The Bertz CT molecular complexity index is 749. The molecule has 0 radical (unpaired) electrons. The first-order valence-electron chi connectivity index (χ1n) is 8.24. The average Bonchev–Trinajstić information content (AvgIpc) is 2.61. The van der Waals surface area contributed by atoms with Crippen LogP contribution in [0, 0.1) is 0 Å². The summed E-state index contributed by atoms with van der Waals surface area (Å²) in [7, 11) is 0. The standard InChI is InChI=1S/C19H20F2N2O2/c1-3-12(2)23-17(13-8-10-14(11-9-13)25-19(20)21)22-16-7-5-4-6-15(16)18(23)24/h4-12,17,19,22H,3H2,1-2H3/t12-,17+/m1/s1. The molecule has 0 spiro atoms. The van der Waals surface area contributed by atoms with Gasteiger partial charge in [0.2, 0.25) is 0 Å². The SMILES string of the molecule is CC[C@@H](C)N1C(=O)c2ccccc2N[C@@H]1c1ccc(OC(F)F)cc1. The average molecular weight is 346 g/mol. The van der Waals surface area contributed by atoms with Crippen molar-refractivity contribution in [3.05, 3.63) is 59.7 Å². The molecule has 1 amide bonds. The Balaban J connectivity index is 1.96. The van der Waals surface area contributed by atoms with E-state index in [1.165, 1.54) is 12.1 Å². The molecule has 25 heavy (non-hydrogen) atoms. The fraction of sp³-hybridized carbons (Fsp3) is 0.316. The van der Waals surface area contributed by atoms with Gasteiger partial charge in [-0.3, -0.25) is 4.79 Å². The van der Waals surface area contributed by atoms with Crippen LogP contribution in [0.15, 0.2) is 48.5 Å². The first-order chi connectivity index (χ1) is 12.0. The van der Waals surface area contributed by atoms with Crippen LogP contribution < -0.4 is 10.1 Å². The first-order valence-corrected chi connectivity index (χ1v) is 8.24. The zero-order valence-corrected chi connectivity index (χ0v) is 14.1. The van der Waals surface area contributed by atoms with Gasteiger partial charge in [0.1, 0.15) is 11.9 Å². The Morgan fingerprint density at radius 1 is 1.16 bits per heavy atom. The van der Waals surface area contributed by atoms with Gasteiger partial charge in [0.15, 0.2) is 0 Å². The van der Waals surface area contributed by atoms with E-state index >= 15 is 0 Å². The number of ether oxygens (including phenoxy) is 1. The Morgan fingerprint density at radius 3 is 2.48 bits per heavy atom. The lowest BCUT2D eigenvalue weighted by Crippen LogP contribution is -2.47. The van der Waals surface area contributed by atoms with Gasteiger partial charge in [0.05, 0.1) is 5.56 Å². The summed E-state index contributed by atoms with van der Waals surface area (Å²) in [6.45, 7) is 1.16. The second-order valence-corrected chi connectivity index (χ2v) is 6.01. The summed E-state index contributed by atoms with van der Waals surface area (Å²) in [6, 6.07) is 13.8. The van der Waals surface area contributed by atoms with Crippen molar-refractivity contribution in [1.82, 2.24) is 4.90 Å². The molecule has 0 aromatic heterocycles. The van der Waals surface area contributed by atoms with Gasteiger partial charge in [0.25, 0.3) is 5.91 Å². The Morgan fingerprint density at radius 2 is 1.84 bits per heavy atom. The second-order valence-electron chi connectivity index (χ2n) is 6.01. The number of alkyl halides is 2. The van der Waals surface area contributed by atoms with Crippen LogP contribution in [-0.4, -0.2) is 23.5 Å². The van der Waals surface area contributed by atoms with Crippen LogP contribution in [0.4, 0.5) is 14.5 Å². The third-order valence-corrected chi connectivity index (χ3v) is 4.45. The topological polar surface area (TPSA) is 41.6 Å². The lowest BCUT2D eigenvalue weighted by molar-refractivity contribution is -0.0498. The van der Waals surface area contributed by atoms with Gasteiger partial charge in [-0.2, -0.15) is 8.78 Å². The number of hydrogen-bond donors (Lipinski definition) is 1. The molecule has 2 atom stereocenters. The number of carbonyl (C=O) groups excluding carboxylic acids is 1. The van der Waals surface area contributed by atoms with E-state index in [4.69, 9.17) is 0 Å². The van der Waals surface area contributed by atoms with Crippen molar-refractivity contribution in [2.75, 3.05) is 5.32 Å². The number of para-hydroxylation sites is 1. The van der Waals surface area contributed by atoms with Crippen LogP contribution in [0.3, 0.4) is 0 Å². The van der Waals surface area contributed by atoms with Gasteiger partial charge in [-0.25, -0.2) is 0 Å². The number of anilines is 1. The molecule has 0 fully saturated rings. The number of hydrogen-bond acceptors (Lipinski definition) is 3. The van der Waals surface area contributed by atoms with Crippen molar-refractivity contribution < 1.29 is 18.3 Å². The highest BCUT2D eigenvalue weighted by Crippen LogP contribution is 2.35.